The lowest BCUT2D eigenvalue weighted by Crippen LogP contribution is -2.10. The zero-order valence-electron chi connectivity index (χ0n) is 18.7. The molecule has 3 aromatic rings. The number of nitriles is 1. The Kier molecular flexibility index (Phi) is 8.05. The third kappa shape index (κ3) is 5.81. The Hall–Kier alpha value is -3.67. The van der Waals surface area contributed by atoms with E-state index in [2.05, 4.69) is 6.07 Å². The van der Waals surface area contributed by atoms with Crippen LogP contribution in [0, 0.1) is 11.3 Å². The molecular formula is C25H22ClNO6S. The van der Waals surface area contributed by atoms with Crippen molar-refractivity contribution < 1.29 is 26.8 Å². The Balaban J connectivity index is 1.96. The van der Waals surface area contributed by atoms with Gasteiger partial charge in [-0.25, -0.2) is 0 Å². The van der Waals surface area contributed by atoms with Crippen molar-refractivity contribution >= 4 is 33.4 Å². The standard InChI is InChI=1S/C25H22ClNO6S/c1-4-32-25-14-17(13-19(16-27)18-6-12-22(30-2)24(15-18)31-3)5-11-23(25)33-34(28,29)21-9-7-20(26)8-10-21/h5-15H,4H2,1-3H3/b19-13+. The largest absolute Gasteiger partial charge is 0.493 e. The molecule has 0 N–H and O–H groups in total. The van der Waals surface area contributed by atoms with Crippen LogP contribution in [0.3, 0.4) is 0 Å². The molecule has 0 bridgehead atoms. The quantitative estimate of drug-likeness (QED) is 0.215. The lowest BCUT2D eigenvalue weighted by molar-refractivity contribution is 0.327. The van der Waals surface area contributed by atoms with Crippen LogP contribution in [0.15, 0.2) is 65.6 Å². The van der Waals surface area contributed by atoms with Gasteiger partial charge in [0, 0.05) is 5.02 Å². The molecule has 3 aromatic carbocycles. The Morgan fingerprint density at radius 1 is 0.941 bits per heavy atom. The van der Waals surface area contributed by atoms with E-state index in [-0.39, 0.29) is 23.0 Å². The van der Waals surface area contributed by atoms with E-state index in [4.69, 9.17) is 30.0 Å². The van der Waals surface area contributed by atoms with E-state index >= 15 is 0 Å². The Morgan fingerprint density at radius 3 is 2.24 bits per heavy atom. The smallest absolute Gasteiger partial charge is 0.339 e. The molecule has 9 heteroatoms. The molecule has 0 radical (unpaired) electrons. The van der Waals surface area contributed by atoms with Crippen molar-refractivity contribution in [1.82, 2.24) is 0 Å². The highest BCUT2D eigenvalue weighted by atomic mass is 35.5. The first kappa shape index (κ1) is 25.0. The van der Waals surface area contributed by atoms with E-state index in [0.29, 0.717) is 33.2 Å². The molecule has 0 amide bonds. The molecule has 7 nitrogen and oxygen atoms in total. The number of nitrogens with zero attached hydrogens (tertiary/aromatic N) is 1. The molecule has 3 rings (SSSR count). The van der Waals surface area contributed by atoms with Crippen molar-refractivity contribution in [2.75, 3.05) is 20.8 Å². The summed E-state index contributed by atoms with van der Waals surface area (Å²) in [6, 6.07) is 17.7. The Morgan fingerprint density at radius 2 is 1.62 bits per heavy atom. The van der Waals surface area contributed by atoms with Gasteiger partial charge in [0.15, 0.2) is 23.0 Å². The highest BCUT2D eigenvalue weighted by Gasteiger charge is 2.19. The molecule has 0 saturated carbocycles. The van der Waals surface area contributed by atoms with Crippen LogP contribution in [-0.2, 0) is 10.1 Å². The first-order valence-electron chi connectivity index (χ1n) is 10.1. The SMILES string of the molecule is CCOc1cc(/C=C(\C#N)c2ccc(OC)c(OC)c2)ccc1OS(=O)(=O)c1ccc(Cl)cc1. The van der Waals surface area contributed by atoms with Gasteiger partial charge in [0.25, 0.3) is 0 Å². The fraction of sp³-hybridized carbons (Fsp3) is 0.160. The van der Waals surface area contributed by atoms with E-state index in [0.717, 1.165) is 0 Å². The zero-order chi connectivity index (χ0) is 24.7. The second-order valence-electron chi connectivity index (χ2n) is 6.87. The van der Waals surface area contributed by atoms with Gasteiger partial charge in [-0.05, 0) is 78.7 Å². The molecule has 0 heterocycles. The summed E-state index contributed by atoms with van der Waals surface area (Å²) >= 11 is 5.84. The van der Waals surface area contributed by atoms with Gasteiger partial charge >= 0.3 is 10.1 Å². The summed E-state index contributed by atoms with van der Waals surface area (Å²) in [7, 11) is -1.05. The van der Waals surface area contributed by atoms with E-state index in [1.807, 2.05) is 0 Å². The van der Waals surface area contributed by atoms with Crippen LogP contribution in [0.4, 0.5) is 0 Å². The molecule has 0 aliphatic carbocycles. The second-order valence-corrected chi connectivity index (χ2v) is 8.85. The second kappa shape index (κ2) is 11.0. The molecular weight excluding hydrogens is 478 g/mol. The van der Waals surface area contributed by atoms with Crippen LogP contribution in [0.5, 0.6) is 23.0 Å². The van der Waals surface area contributed by atoms with Crippen LogP contribution in [0.1, 0.15) is 18.1 Å². The van der Waals surface area contributed by atoms with E-state index in [1.165, 1.54) is 44.6 Å². The molecule has 0 fully saturated rings. The fourth-order valence-corrected chi connectivity index (χ4v) is 4.14. The van der Waals surface area contributed by atoms with Crippen LogP contribution in [-0.4, -0.2) is 29.2 Å². The summed E-state index contributed by atoms with van der Waals surface area (Å²) in [6.07, 6.45) is 1.65. The maximum atomic E-state index is 12.7. The minimum absolute atomic E-state index is 0.0265. The first-order valence-corrected chi connectivity index (χ1v) is 11.9. The van der Waals surface area contributed by atoms with E-state index < -0.39 is 10.1 Å². The van der Waals surface area contributed by atoms with Crippen molar-refractivity contribution in [3.63, 3.8) is 0 Å². The van der Waals surface area contributed by atoms with Gasteiger partial charge < -0.3 is 18.4 Å². The summed E-state index contributed by atoms with van der Waals surface area (Å²) in [5, 5.41) is 10.1. The van der Waals surface area contributed by atoms with Gasteiger partial charge in [-0.2, -0.15) is 13.7 Å². The summed E-state index contributed by atoms with van der Waals surface area (Å²) < 4.78 is 46.8. The van der Waals surface area contributed by atoms with Crippen molar-refractivity contribution in [3.05, 3.63) is 76.8 Å². The average Bonchev–Trinajstić information content (AvgIpc) is 2.84. The van der Waals surface area contributed by atoms with Gasteiger partial charge in [-0.1, -0.05) is 17.7 Å². The maximum Gasteiger partial charge on any atom is 0.339 e. The number of methoxy groups -OCH3 is 2. The predicted molar refractivity (Wildman–Crippen MR) is 130 cm³/mol. The minimum Gasteiger partial charge on any atom is -0.493 e. The van der Waals surface area contributed by atoms with Crippen LogP contribution in [0.2, 0.25) is 5.02 Å². The van der Waals surface area contributed by atoms with Crippen LogP contribution < -0.4 is 18.4 Å². The summed E-state index contributed by atoms with van der Waals surface area (Å²) in [5.41, 5.74) is 1.61. The number of halogens is 1. The average molecular weight is 500 g/mol. The number of hydrogen-bond donors (Lipinski definition) is 0. The molecule has 0 aliphatic rings. The van der Waals surface area contributed by atoms with Gasteiger partial charge in [0.05, 0.1) is 32.5 Å². The van der Waals surface area contributed by atoms with Gasteiger partial charge in [-0.15, -0.1) is 0 Å². The first-order chi connectivity index (χ1) is 16.3. The fourth-order valence-electron chi connectivity index (χ4n) is 3.07. The highest BCUT2D eigenvalue weighted by Crippen LogP contribution is 2.34. The normalized spacial score (nSPS) is 11.4. The third-order valence-electron chi connectivity index (χ3n) is 4.70. The minimum atomic E-state index is -4.10. The summed E-state index contributed by atoms with van der Waals surface area (Å²) in [5.74, 6) is 1.29. The van der Waals surface area contributed by atoms with Crippen molar-refractivity contribution in [2.45, 2.75) is 11.8 Å². The lowest BCUT2D eigenvalue weighted by Gasteiger charge is -2.13. The number of ether oxygens (including phenoxy) is 3. The predicted octanol–water partition coefficient (Wildman–Crippen LogP) is 5.59. The van der Waals surface area contributed by atoms with Crippen LogP contribution >= 0.6 is 11.6 Å². The molecule has 0 spiro atoms. The zero-order valence-corrected chi connectivity index (χ0v) is 20.3. The summed E-state index contributed by atoms with van der Waals surface area (Å²) in [4.78, 5) is -0.0384. The molecule has 0 aromatic heterocycles. The molecule has 176 valence electrons. The highest BCUT2D eigenvalue weighted by molar-refractivity contribution is 7.87. The molecule has 0 unspecified atom stereocenters. The number of hydrogen-bond acceptors (Lipinski definition) is 7. The van der Waals surface area contributed by atoms with Gasteiger partial charge in [0.2, 0.25) is 0 Å². The molecule has 0 saturated heterocycles. The third-order valence-corrected chi connectivity index (χ3v) is 6.20. The van der Waals surface area contributed by atoms with Crippen molar-refractivity contribution in [2.24, 2.45) is 0 Å². The Labute approximate surface area is 203 Å². The summed E-state index contributed by atoms with van der Waals surface area (Å²) in [6.45, 7) is 2.05. The topological polar surface area (TPSA) is 94.8 Å². The molecule has 0 atom stereocenters. The number of rotatable bonds is 9. The van der Waals surface area contributed by atoms with Gasteiger partial charge in [-0.3, -0.25) is 0 Å². The number of benzene rings is 3. The van der Waals surface area contributed by atoms with E-state index in [9.17, 15) is 13.7 Å². The Bertz CT molecular complexity index is 1340. The molecule has 0 aliphatic heterocycles. The van der Waals surface area contributed by atoms with E-state index in [1.54, 1.807) is 43.3 Å². The van der Waals surface area contributed by atoms with Crippen molar-refractivity contribution in [1.29, 1.82) is 5.26 Å². The van der Waals surface area contributed by atoms with Crippen LogP contribution in [0.25, 0.3) is 11.6 Å². The monoisotopic (exact) mass is 499 g/mol. The maximum absolute atomic E-state index is 12.7. The molecule has 34 heavy (non-hydrogen) atoms. The van der Waals surface area contributed by atoms with Gasteiger partial charge in [0.1, 0.15) is 4.90 Å². The lowest BCUT2D eigenvalue weighted by atomic mass is 10.0. The van der Waals surface area contributed by atoms with Crippen molar-refractivity contribution in [3.8, 4) is 29.1 Å². The number of allylic oxidation sites excluding steroid dienone is 1.